The van der Waals surface area contributed by atoms with Crippen LogP contribution in [-0.2, 0) is 0 Å². The Morgan fingerprint density at radius 3 is 2.41 bits per heavy atom. The molecule has 6 nitrogen and oxygen atoms in total. The van der Waals surface area contributed by atoms with Crippen molar-refractivity contribution in [3.63, 3.8) is 0 Å². The quantitative estimate of drug-likeness (QED) is 0.104. The molecule has 1 heterocycles. The summed E-state index contributed by atoms with van der Waals surface area (Å²) in [7, 11) is 0. The summed E-state index contributed by atoms with van der Waals surface area (Å²) in [5.74, 6) is -0.534. The van der Waals surface area contributed by atoms with E-state index in [0.29, 0.717) is 22.6 Å². The van der Waals surface area contributed by atoms with Gasteiger partial charge in [0.15, 0.2) is 0 Å². The molecule has 5 aromatic rings. The fourth-order valence-electron chi connectivity index (χ4n) is 4.08. The molecule has 0 bridgehead atoms. The smallest absolute Gasteiger partial charge is 0.343 e. The van der Waals surface area contributed by atoms with Crippen molar-refractivity contribution < 1.29 is 14.3 Å². The van der Waals surface area contributed by atoms with Crippen LogP contribution in [0.1, 0.15) is 32.0 Å². The minimum Gasteiger partial charge on any atom is -0.422 e. The van der Waals surface area contributed by atoms with Crippen LogP contribution in [-0.4, -0.2) is 23.1 Å². The molecule has 7 heteroatoms. The number of esters is 1. The normalized spacial score (nSPS) is 11.1. The van der Waals surface area contributed by atoms with Gasteiger partial charge in [0, 0.05) is 26.5 Å². The van der Waals surface area contributed by atoms with Crippen LogP contribution < -0.4 is 10.2 Å². The first-order valence-electron chi connectivity index (χ1n) is 11.6. The lowest BCUT2D eigenvalue weighted by Crippen LogP contribution is -2.19. The topological polar surface area (TPSA) is 83.5 Å². The Hall–Kier alpha value is -4.49. The van der Waals surface area contributed by atoms with Crippen LogP contribution in [0.2, 0.25) is 0 Å². The molecule has 4 aromatic carbocycles. The molecule has 0 aliphatic carbocycles. The molecule has 182 valence electrons. The van der Waals surface area contributed by atoms with Crippen molar-refractivity contribution >= 4 is 44.9 Å². The number of rotatable bonds is 6. The van der Waals surface area contributed by atoms with E-state index in [9.17, 15) is 9.59 Å². The van der Waals surface area contributed by atoms with Crippen LogP contribution in [0, 0.1) is 6.92 Å². The van der Waals surface area contributed by atoms with Crippen molar-refractivity contribution in [3.8, 4) is 16.9 Å². The molecular weight excluding hydrogens is 530 g/mol. The third-order valence-electron chi connectivity index (χ3n) is 5.90. The van der Waals surface area contributed by atoms with Gasteiger partial charge in [-0.1, -0.05) is 76.6 Å². The second-order valence-corrected chi connectivity index (χ2v) is 9.29. The van der Waals surface area contributed by atoms with Crippen LogP contribution in [0.3, 0.4) is 0 Å². The number of amides is 1. The zero-order chi connectivity index (χ0) is 25.8. The zero-order valence-corrected chi connectivity index (χ0v) is 21.5. The molecule has 0 radical (unpaired) electrons. The van der Waals surface area contributed by atoms with Crippen molar-refractivity contribution in [2.45, 2.75) is 6.92 Å². The number of H-pyrrole nitrogens is 1. The van der Waals surface area contributed by atoms with E-state index < -0.39 is 5.97 Å². The molecule has 0 unspecified atom stereocenters. The minimum absolute atomic E-state index is 0.333. The Balaban J connectivity index is 1.39. The highest BCUT2D eigenvalue weighted by Crippen LogP contribution is 2.33. The van der Waals surface area contributed by atoms with Gasteiger partial charge in [-0.05, 0) is 54.4 Å². The van der Waals surface area contributed by atoms with Crippen LogP contribution in [0.15, 0.2) is 107 Å². The number of para-hydroxylation sites is 2. The summed E-state index contributed by atoms with van der Waals surface area (Å²) in [6.45, 7) is 2.00. The molecule has 1 amide bonds. The third kappa shape index (κ3) is 5.22. The van der Waals surface area contributed by atoms with Gasteiger partial charge in [-0.15, -0.1) is 0 Å². The summed E-state index contributed by atoms with van der Waals surface area (Å²) in [5, 5.41) is 5.12. The number of hydrazone groups is 1. The molecule has 37 heavy (non-hydrogen) atoms. The maximum atomic E-state index is 13.2. The van der Waals surface area contributed by atoms with E-state index in [0.717, 1.165) is 32.1 Å². The first kappa shape index (κ1) is 24.2. The van der Waals surface area contributed by atoms with E-state index in [4.69, 9.17) is 4.74 Å². The van der Waals surface area contributed by atoms with E-state index in [1.54, 1.807) is 48.5 Å². The van der Waals surface area contributed by atoms with Crippen molar-refractivity contribution in [2.75, 3.05) is 0 Å². The van der Waals surface area contributed by atoms with E-state index in [-0.39, 0.29) is 5.91 Å². The van der Waals surface area contributed by atoms with Crippen LogP contribution in [0.25, 0.3) is 22.0 Å². The lowest BCUT2D eigenvalue weighted by atomic mass is 10.0. The number of aromatic amines is 1. The number of ether oxygens (including phenoxy) is 1. The maximum absolute atomic E-state index is 13.2. The third-order valence-corrected chi connectivity index (χ3v) is 6.43. The molecule has 0 atom stereocenters. The van der Waals surface area contributed by atoms with Gasteiger partial charge in [0.05, 0.1) is 11.8 Å². The molecule has 0 saturated heterocycles. The van der Waals surface area contributed by atoms with E-state index >= 15 is 0 Å². The maximum Gasteiger partial charge on any atom is 0.343 e. The lowest BCUT2D eigenvalue weighted by molar-refractivity contribution is 0.0734. The lowest BCUT2D eigenvalue weighted by Gasteiger charge is -2.07. The Kier molecular flexibility index (Phi) is 6.96. The SMILES string of the molecule is Cc1cccc2c(-c3ccccc3)c(C(=O)NN=Cc3ccccc3OC(=O)c3ccc(Br)cc3)[nH]c12. The molecular formula is C30H22BrN3O3. The highest BCUT2D eigenvalue weighted by Gasteiger charge is 2.20. The number of benzene rings is 4. The fraction of sp³-hybridized carbons (Fsp3) is 0.0333. The largest absolute Gasteiger partial charge is 0.422 e. The first-order chi connectivity index (χ1) is 18.0. The molecule has 1 aromatic heterocycles. The second kappa shape index (κ2) is 10.6. The number of nitrogens with zero attached hydrogens (tertiary/aromatic N) is 1. The van der Waals surface area contributed by atoms with Gasteiger partial charge < -0.3 is 9.72 Å². The molecule has 5 rings (SSSR count). The minimum atomic E-state index is -0.488. The van der Waals surface area contributed by atoms with E-state index in [1.165, 1.54) is 6.21 Å². The number of halogens is 1. The monoisotopic (exact) mass is 551 g/mol. The van der Waals surface area contributed by atoms with E-state index in [2.05, 4.69) is 31.4 Å². The summed E-state index contributed by atoms with van der Waals surface area (Å²) in [4.78, 5) is 29.1. The number of hydrogen-bond acceptors (Lipinski definition) is 4. The van der Waals surface area contributed by atoms with Gasteiger partial charge in [-0.3, -0.25) is 4.79 Å². The number of hydrogen-bond donors (Lipinski definition) is 2. The Morgan fingerprint density at radius 2 is 1.62 bits per heavy atom. The van der Waals surface area contributed by atoms with Gasteiger partial charge in [0.25, 0.3) is 5.91 Å². The van der Waals surface area contributed by atoms with Gasteiger partial charge in [-0.2, -0.15) is 5.10 Å². The van der Waals surface area contributed by atoms with Crippen molar-refractivity contribution in [3.05, 3.63) is 124 Å². The summed E-state index contributed by atoms with van der Waals surface area (Å²) in [6.07, 6.45) is 1.46. The summed E-state index contributed by atoms with van der Waals surface area (Å²) >= 11 is 3.35. The standard InChI is InChI=1S/C30H22BrN3O3/c1-19-8-7-12-24-26(20-9-3-2-4-10-20)28(33-27(19)24)29(35)34-32-18-22-11-5-6-13-25(22)37-30(36)21-14-16-23(31)17-15-21/h2-18,33H,1H3,(H,34,35). The van der Waals surface area contributed by atoms with Gasteiger partial charge in [0.2, 0.25) is 0 Å². The van der Waals surface area contributed by atoms with Crippen LogP contribution in [0.5, 0.6) is 5.75 Å². The predicted molar refractivity (Wildman–Crippen MR) is 149 cm³/mol. The van der Waals surface area contributed by atoms with Gasteiger partial charge in [-0.25, -0.2) is 10.2 Å². The second-order valence-electron chi connectivity index (χ2n) is 8.37. The van der Waals surface area contributed by atoms with Crippen molar-refractivity contribution in [1.29, 1.82) is 0 Å². The van der Waals surface area contributed by atoms with Gasteiger partial charge in [0.1, 0.15) is 11.4 Å². The highest BCUT2D eigenvalue weighted by molar-refractivity contribution is 9.10. The van der Waals surface area contributed by atoms with Gasteiger partial charge >= 0.3 is 5.97 Å². The Morgan fingerprint density at radius 1 is 0.892 bits per heavy atom. The number of carbonyl (C=O) groups is 2. The summed E-state index contributed by atoms with van der Waals surface area (Å²) in [5.41, 5.74) is 7.69. The van der Waals surface area contributed by atoms with Crippen molar-refractivity contribution in [2.24, 2.45) is 5.10 Å². The summed E-state index contributed by atoms with van der Waals surface area (Å²) in [6, 6.07) is 29.6. The number of fused-ring (bicyclic) bond motifs is 1. The number of aromatic nitrogens is 1. The number of nitrogens with one attached hydrogen (secondary N) is 2. The average Bonchev–Trinajstić information content (AvgIpc) is 3.31. The van der Waals surface area contributed by atoms with E-state index in [1.807, 2.05) is 55.5 Å². The Labute approximate surface area is 222 Å². The first-order valence-corrected chi connectivity index (χ1v) is 12.4. The molecule has 0 fully saturated rings. The van der Waals surface area contributed by atoms with Crippen LogP contribution in [0.4, 0.5) is 0 Å². The molecule has 0 spiro atoms. The zero-order valence-electron chi connectivity index (χ0n) is 19.9. The van der Waals surface area contributed by atoms with Crippen LogP contribution >= 0.6 is 15.9 Å². The molecule has 0 aliphatic heterocycles. The fourth-order valence-corrected chi connectivity index (χ4v) is 4.34. The molecule has 0 aliphatic rings. The number of aryl methyl sites for hydroxylation is 1. The Bertz CT molecular complexity index is 1620. The highest BCUT2D eigenvalue weighted by atomic mass is 79.9. The molecule has 2 N–H and O–H groups in total. The van der Waals surface area contributed by atoms with Crippen molar-refractivity contribution in [1.82, 2.24) is 10.4 Å². The summed E-state index contributed by atoms with van der Waals surface area (Å²) < 4.78 is 6.45. The average molecular weight is 552 g/mol. The predicted octanol–water partition coefficient (Wildman–Crippen LogP) is 6.89. The number of carbonyl (C=O) groups excluding carboxylic acids is 2. The molecule has 0 saturated carbocycles.